The molecule has 398 valence electrons. The van der Waals surface area contributed by atoms with Gasteiger partial charge in [0.05, 0.1) is 0 Å². The first-order chi connectivity index (χ1) is 33.5. The standard InChI is InChI=1S/C62H114O6/c1-4-7-10-13-16-19-22-25-27-29-30-31-33-34-37-40-43-46-49-52-55-61(64)67-58-59(57-66-60(63)54-51-48-45-42-39-36-24-21-18-15-12-9-6-3)68-62(65)56-53-50-47-44-41-38-35-32-28-26-23-20-17-14-11-8-5-2/h17,20-21,24,26,28,59H,4-16,18-19,22-23,25,27,29-58H2,1-3H3/b20-17-,24-21-,28-26-. The number of rotatable bonds is 55. The molecular weight excluding hydrogens is 841 g/mol. The molecule has 0 saturated heterocycles. The molecule has 0 rings (SSSR count). The van der Waals surface area contributed by atoms with E-state index < -0.39 is 6.10 Å². The van der Waals surface area contributed by atoms with Gasteiger partial charge in [-0.3, -0.25) is 14.4 Å². The lowest BCUT2D eigenvalue weighted by Crippen LogP contribution is -2.30. The average Bonchev–Trinajstić information content (AvgIpc) is 3.34. The van der Waals surface area contributed by atoms with Crippen LogP contribution in [0.15, 0.2) is 36.5 Å². The highest BCUT2D eigenvalue weighted by molar-refractivity contribution is 5.71. The van der Waals surface area contributed by atoms with E-state index in [1.165, 1.54) is 205 Å². The lowest BCUT2D eigenvalue weighted by molar-refractivity contribution is -0.167. The predicted molar refractivity (Wildman–Crippen MR) is 293 cm³/mol. The molecule has 0 fully saturated rings. The summed E-state index contributed by atoms with van der Waals surface area (Å²) in [6.45, 7) is 6.63. The number of allylic oxidation sites excluding steroid dienone is 6. The van der Waals surface area contributed by atoms with Gasteiger partial charge in [0.25, 0.3) is 0 Å². The summed E-state index contributed by atoms with van der Waals surface area (Å²) in [5, 5.41) is 0. The number of carbonyl (C=O) groups is 3. The number of ether oxygens (including phenoxy) is 3. The topological polar surface area (TPSA) is 78.9 Å². The molecule has 0 amide bonds. The van der Waals surface area contributed by atoms with Crippen LogP contribution in [0.1, 0.15) is 323 Å². The lowest BCUT2D eigenvalue weighted by Gasteiger charge is -2.18. The largest absolute Gasteiger partial charge is 0.462 e. The molecule has 6 nitrogen and oxygen atoms in total. The van der Waals surface area contributed by atoms with E-state index in [4.69, 9.17) is 14.2 Å². The Morgan fingerprint density at radius 2 is 0.529 bits per heavy atom. The van der Waals surface area contributed by atoms with Gasteiger partial charge in [-0.25, -0.2) is 0 Å². The van der Waals surface area contributed by atoms with Crippen molar-refractivity contribution in [3.8, 4) is 0 Å². The monoisotopic (exact) mass is 955 g/mol. The molecule has 0 aromatic carbocycles. The number of unbranched alkanes of at least 4 members (excludes halogenated alkanes) is 38. The van der Waals surface area contributed by atoms with Crippen molar-refractivity contribution >= 4 is 17.9 Å². The summed E-state index contributed by atoms with van der Waals surface area (Å²) < 4.78 is 16.9. The van der Waals surface area contributed by atoms with Crippen molar-refractivity contribution in [2.75, 3.05) is 13.2 Å². The number of carbonyl (C=O) groups excluding carboxylic acids is 3. The minimum Gasteiger partial charge on any atom is -0.462 e. The summed E-state index contributed by atoms with van der Waals surface area (Å²) in [6, 6.07) is 0. The third kappa shape index (κ3) is 54.6. The zero-order valence-corrected chi connectivity index (χ0v) is 45.6. The van der Waals surface area contributed by atoms with E-state index in [0.29, 0.717) is 19.3 Å². The first-order valence-corrected chi connectivity index (χ1v) is 30.0. The summed E-state index contributed by atoms with van der Waals surface area (Å²) in [5.74, 6) is -0.872. The van der Waals surface area contributed by atoms with Crippen molar-refractivity contribution in [3.05, 3.63) is 36.5 Å². The Hall–Kier alpha value is -2.37. The summed E-state index contributed by atoms with van der Waals surface area (Å²) >= 11 is 0. The van der Waals surface area contributed by atoms with E-state index in [1.54, 1.807) is 0 Å². The molecule has 0 heterocycles. The van der Waals surface area contributed by atoms with Crippen LogP contribution in [0.5, 0.6) is 0 Å². The minimum atomic E-state index is -0.777. The maximum absolute atomic E-state index is 12.9. The van der Waals surface area contributed by atoms with Crippen molar-refractivity contribution in [2.24, 2.45) is 0 Å². The second kappa shape index (κ2) is 57.2. The molecule has 0 aliphatic carbocycles. The van der Waals surface area contributed by atoms with Gasteiger partial charge in [0, 0.05) is 19.3 Å². The van der Waals surface area contributed by atoms with Crippen LogP contribution in [-0.4, -0.2) is 37.2 Å². The van der Waals surface area contributed by atoms with Crippen molar-refractivity contribution in [1.29, 1.82) is 0 Å². The fourth-order valence-electron chi connectivity index (χ4n) is 8.82. The minimum absolute atomic E-state index is 0.0742. The highest BCUT2D eigenvalue weighted by Gasteiger charge is 2.19. The van der Waals surface area contributed by atoms with Crippen molar-refractivity contribution in [2.45, 2.75) is 329 Å². The fraction of sp³-hybridized carbons (Fsp3) is 0.855. The van der Waals surface area contributed by atoms with E-state index >= 15 is 0 Å². The van der Waals surface area contributed by atoms with Crippen LogP contribution < -0.4 is 0 Å². The maximum Gasteiger partial charge on any atom is 0.306 e. The molecule has 0 saturated carbocycles. The zero-order chi connectivity index (χ0) is 49.3. The number of hydrogen-bond donors (Lipinski definition) is 0. The van der Waals surface area contributed by atoms with Crippen molar-refractivity contribution < 1.29 is 28.6 Å². The van der Waals surface area contributed by atoms with Gasteiger partial charge < -0.3 is 14.2 Å². The van der Waals surface area contributed by atoms with Crippen LogP contribution in [-0.2, 0) is 28.6 Å². The number of esters is 3. The first-order valence-electron chi connectivity index (χ1n) is 30.0. The Labute approximate surface area is 423 Å². The highest BCUT2D eigenvalue weighted by atomic mass is 16.6. The Kier molecular flexibility index (Phi) is 55.2. The van der Waals surface area contributed by atoms with E-state index in [2.05, 4.69) is 57.2 Å². The molecule has 1 atom stereocenters. The van der Waals surface area contributed by atoms with Crippen LogP contribution >= 0.6 is 0 Å². The summed E-state index contributed by atoms with van der Waals surface area (Å²) in [7, 11) is 0. The molecular formula is C62H114O6. The third-order valence-electron chi connectivity index (χ3n) is 13.4. The van der Waals surface area contributed by atoms with E-state index in [-0.39, 0.29) is 31.1 Å². The van der Waals surface area contributed by atoms with E-state index in [0.717, 1.165) is 77.0 Å². The quantitative estimate of drug-likeness (QED) is 0.0262. The Balaban J connectivity index is 4.31. The Bertz CT molecular complexity index is 1140. The maximum atomic E-state index is 12.9. The van der Waals surface area contributed by atoms with Crippen LogP contribution in [0.4, 0.5) is 0 Å². The van der Waals surface area contributed by atoms with Crippen molar-refractivity contribution in [1.82, 2.24) is 0 Å². The smallest absolute Gasteiger partial charge is 0.306 e. The van der Waals surface area contributed by atoms with Gasteiger partial charge in [-0.2, -0.15) is 0 Å². The van der Waals surface area contributed by atoms with E-state index in [9.17, 15) is 14.4 Å². The zero-order valence-electron chi connectivity index (χ0n) is 45.6. The normalized spacial score (nSPS) is 12.2. The fourth-order valence-corrected chi connectivity index (χ4v) is 8.82. The second-order valence-electron chi connectivity index (χ2n) is 20.3. The van der Waals surface area contributed by atoms with E-state index in [1.807, 2.05) is 0 Å². The van der Waals surface area contributed by atoms with Gasteiger partial charge in [-0.05, 0) is 77.0 Å². The predicted octanol–water partition coefficient (Wildman–Crippen LogP) is 20.0. The van der Waals surface area contributed by atoms with Gasteiger partial charge in [-0.1, -0.05) is 263 Å². The molecule has 0 aromatic rings. The highest BCUT2D eigenvalue weighted by Crippen LogP contribution is 2.17. The molecule has 6 heteroatoms. The Morgan fingerprint density at radius 3 is 0.868 bits per heavy atom. The first kappa shape index (κ1) is 65.6. The van der Waals surface area contributed by atoms with Crippen LogP contribution in [0.3, 0.4) is 0 Å². The summed E-state index contributed by atoms with van der Waals surface area (Å²) in [4.78, 5) is 38.2. The van der Waals surface area contributed by atoms with Gasteiger partial charge in [0.15, 0.2) is 6.10 Å². The molecule has 0 spiro atoms. The number of hydrogen-bond acceptors (Lipinski definition) is 6. The molecule has 0 aliphatic heterocycles. The van der Waals surface area contributed by atoms with Crippen LogP contribution in [0.2, 0.25) is 0 Å². The lowest BCUT2D eigenvalue weighted by atomic mass is 10.0. The van der Waals surface area contributed by atoms with Gasteiger partial charge in [0.2, 0.25) is 0 Å². The van der Waals surface area contributed by atoms with Gasteiger partial charge in [0.1, 0.15) is 13.2 Å². The van der Waals surface area contributed by atoms with Gasteiger partial charge >= 0.3 is 17.9 Å². The summed E-state index contributed by atoms with van der Waals surface area (Å²) in [6.07, 6.45) is 68.5. The molecule has 68 heavy (non-hydrogen) atoms. The molecule has 0 N–H and O–H groups in total. The molecule has 0 bridgehead atoms. The van der Waals surface area contributed by atoms with Gasteiger partial charge in [-0.15, -0.1) is 0 Å². The summed E-state index contributed by atoms with van der Waals surface area (Å²) in [5.41, 5.74) is 0. The molecule has 0 aromatic heterocycles. The van der Waals surface area contributed by atoms with Crippen molar-refractivity contribution in [3.63, 3.8) is 0 Å². The van der Waals surface area contributed by atoms with Crippen LogP contribution in [0, 0.1) is 0 Å². The second-order valence-corrected chi connectivity index (χ2v) is 20.3. The molecule has 1 unspecified atom stereocenters. The Morgan fingerprint density at radius 1 is 0.294 bits per heavy atom. The molecule has 0 radical (unpaired) electrons. The SMILES string of the molecule is CCCCC/C=C\C/C=C\CCCCCCCCCC(=O)OC(COC(=O)CCCCCCC/C=C\CCCCCC)COC(=O)CCCCCCCCCCCCCCCCCCCCCC. The average molecular weight is 956 g/mol. The van der Waals surface area contributed by atoms with Crippen LogP contribution in [0.25, 0.3) is 0 Å². The third-order valence-corrected chi connectivity index (χ3v) is 13.4. The molecule has 0 aliphatic rings.